The summed E-state index contributed by atoms with van der Waals surface area (Å²) in [4.78, 5) is 16.6. The van der Waals surface area contributed by atoms with Gasteiger partial charge >= 0.3 is 0 Å². The molecule has 8 heteroatoms. The molecule has 26 heavy (non-hydrogen) atoms. The van der Waals surface area contributed by atoms with Crippen molar-refractivity contribution in [2.24, 2.45) is 0 Å². The van der Waals surface area contributed by atoms with Gasteiger partial charge in [-0.3, -0.25) is 9.69 Å². The number of anilines is 1. The van der Waals surface area contributed by atoms with E-state index in [0.717, 1.165) is 25.2 Å². The standard InChI is InChI=1S/C18H27N3O4S/c1-26(23,24)20(11-10-19-12-14-25-15-13-19)8-7-18(22)21-9-6-16-4-2-3-5-17(16)21/h2-5H,6-15H2,1H3. The molecular weight excluding hydrogens is 354 g/mol. The summed E-state index contributed by atoms with van der Waals surface area (Å²) in [6, 6.07) is 7.89. The summed E-state index contributed by atoms with van der Waals surface area (Å²) in [6.45, 7) is 4.98. The van der Waals surface area contributed by atoms with Gasteiger partial charge in [0.25, 0.3) is 0 Å². The third-order valence-corrected chi connectivity index (χ3v) is 6.30. The van der Waals surface area contributed by atoms with E-state index in [-0.39, 0.29) is 18.9 Å². The van der Waals surface area contributed by atoms with Crippen molar-refractivity contribution in [2.75, 3.05) is 63.6 Å². The number of hydrogen-bond acceptors (Lipinski definition) is 5. The number of sulfonamides is 1. The van der Waals surface area contributed by atoms with Gasteiger partial charge in [-0.1, -0.05) is 18.2 Å². The molecular formula is C18H27N3O4S. The van der Waals surface area contributed by atoms with Gasteiger partial charge in [0.2, 0.25) is 15.9 Å². The molecule has 7 nitrogen and oxygen atoms in total. The summed E-state index contributed by atoms with van der Waals surface area (Å²) in [5, 5.41) is 0. The molecule has 0 saturated carbocycles. The third-order valence-electron chi connectivity index (χ3n) is 5.00. The fourth-order valence-electron chi connectivity index (χ4n) is 3.47. The zero-order chi connectivity index (χ0) is 18.6. The Bertz CT molecular complexity index is 732. The topological polar surface area (TPSA) is 70.2 Å². The summed E-state index contributed by atoms with van der Waals surface area (Å²) < 4.78 is 30.9. The lowest BCUT2D eigenvalue weighted by Gasteiger charge is -2.29. The highest BCUT2D eigenvalue weighted by Crippen LogP contribution is 2.27. The van der Waals surface area contributed by atoms with Gasteiger partial charge in [-0.05, 0) is 18.1 Å². The molecule has 1 aromatic carbocycles. The number of morpholine rings is 1. The third kappa shape index (κ3) is 4.82. The second kappa shape index (κ2) is 8.47. The second-order valence-electron chi connectivity index (χ2n) is 6.79. The van der Waals surface area contributed by atoms with Crippen LogP contribution in [-0.4, -0.2) is 82.3 Å². The molecule has 0 unspecified atom stereocenters. The van der Waals surface area contributed by atoms with Crippen LogP contribution >= 0.6 is 0 Å². The van der Waals surface area contributed by atoms with E-state index in [1.165, 1.54) is 16.1 Å². The van der Waals surface area contributed by atoms with Gasteiger partial charge < -0.3 is 9.64 Å². The Hall–Kier alpha value is -1.48. The van der Waals surface area contributed by atoms with E-state index in [0.29, 0.717) is 32.8 Å². The van der Waals surface area contributed by atoms with Gasteiger partial charge in [0.15, 0.2) is 0 Å². The van der Waals surface area contributed by atoms with Crippen LogP contribution in [0.2, 0.25) is 0 Å². The zero-order valence-electron chi connectivity index (χ0n) is 15.3. The Morgan fingerprint density at radius 2 is 1.88 bits per heavy atom. The van der Waals surface area contributed by atoms with Gasteiger partial charge in [0.05, 0.1) is 19.5 Å². The van der Waals surface area contributed by atoms with Crippen LogP contribution in [0, 0.1) is 0 Å². The molecule has 0 radical (unpaired) electrons. The number of carbonyl (C=O) groups is 1. The fourth-order valence-corrected chi connectivity index (χ4v) is 4.31. The van der Waals surface area contributed by atoms with E-state index in [9.17, 15) is 13.2 Å². The van der Waals surface area contributed by atoms with Crippen LogP contribution in [0.4, 0.5) is 5.69 Å². The minimum Gasteiger partial charge on any atom is -0.379 e. The predicted molar refractivity (Wildman–Crippen MR) is 101 cm³/mol. The Morgan fingerprint density at radius 1 is 1.15 bits per heavy atom. The van der Waals surface area contributed by atoms with Crippen LogP contribution in [0.25, 0.3) is 0 Å². The molecule has 0 atom stereocenters. The first-order valence-corrected chi connectivity index (χ1v) is 10.9. The van der Waals surface area contributed by atoms with Crippen LogP contribution in [0.1, 0.15) is 12.0 Å². The normalized spacial score (nSPS) is 18.3. The monoisotopic (exact) mass is 381 g/mol. The first kappa shape index (κ1) is 19.3. The molecule has 1 saturated heterocycles. The first-order valence-electron chi connectivity index (χ1n) is 9.08. The molecule has 1 fully saturated rings. The molecule has 2 aliphatic heterocycles. The average molecular weight is 381 g/mol. The predicted octanol–water partition coefficient (Wildman–Crippen LogP) is 0.560. The van der Waals surface area contributed by atoms with Crippen molar-refractivity contribution in [3.63, 3.8) is 0 Å². The Labute approximate surface area is 155 Å². The van der Waals surface area contributed by atoms with Crippen LogP contribution in [0.5, 0.6) is 0 Å². The molecule has 1 amide bonds. The highest BCUT2D eigenvalue weighted by molar-refractivity contribution is 7.88. The van der Waals surface area contributed by atoms with E-state index in [4.69, 9.17) is 4.74 Å². The zero-order valence-corrected chi connectivity index (χ0v) is 16.1. The van der Waals surface area contributed by atoms with E-state index >= 15 is 0 Å². The second-order valence-corrected chi connectivity index (χ2v) is 8.77. The van der Waals surface area contributed by atoms with Crippen LogP contribution in [0.15, 0.2) is 24.3 Å². The fraction of sp³-hybridized carbons (Fsp3) is 0.611. The number of para-hydroxylation sites is 1. The van der Waals surface area contributed by atoms with Crippen LogP contribution < -0.4 is 4.90 Å². The van der Waals surface area contributed by atoms with Crippen LogP contribution in [-0.2, 0) is 26.0 Å². The Balaban J connectivity index is 1.55. The van der Waals surface area contributed by atoms with E-state index in [1.807, 2.05) is 24.3 Å². The lowest BCUT2D eigenvalue weighted by Crippen LogP contribution is -2.43. The Morgan fingerprint density at radius 3 is 2.62 bits per heavy atom. The number of amides is 1. The minimum atomic E-state index is -3.34. The summed E-state index contributed by atoms with van der Waals surface area (Å²) in [7, 11) is -3.34. The van der Waals surface area contributed by atoms with Gasteiger partial charge in [0.1, 0.15) is 0 Å². The molecule has 1 aromatic rings. The molecule has 144 valence electrons. The van der Waals surface area contributed by atoms with Crippen molar-refractivity contribution in [3.05, 3.63) is 29.8 Å². The highest BCUT2D eigenvalue weighted by atomic mass is 32.2. The average Bonchev–Trinajstić information content (AvgIpc) is 3.05. The number of ether oxygens (including phenoxy) is 1. The molecule has 0 bridgehead atoms. The minimum absolute atomic E-state index is 0.0185. The first-order chi connectivity index (χ1) is 12.4. The van der Waals surface area contributed by atoms with Crippen LogP contribution in [0.3, 0.4) is 0 Å². The molecule has 2 heterocycles. The largest absolute Gasteiger partial charge is 0.379 e. The molecule has 0 spiro atoms. The van der Waals surface area contributed by atoms with E-state index in [2.05, 4.69) is 4.90 Å². The molecule has 0 aliphatic carbocycles. The number of rotatable bonds is 7. The molecule has 0 N–H and O–H groups in total. The Kier molecular flexibility index (Phi) is 6.29. The maximum absolute atomic E-state index is 12.6. The maximum Gasteiger partial charge on any atom is 0.228 e. The number of carbonyl (C=O) groups excluding carboxylic acids is 1. The molecule has 2 aliphatic rings. The number of benzene rings is 1. The molecule has 0 aromatic heterocycles. The van der Waals surface area contributed by atoms with Crippen molar-refractivity contribution in [2.45, 2.75) is 12.8 Å². The SMILES string of the molecule is CS(=O)(=O)N(CCC(=O)N1CCc2ccccc21)CCN1CCOCC1. The summed E-state index contributed by atoms with van der Waals surface area (Å²) in [5.74, 6) is -0.0185. The van der Waals surface area contributed by atoms with Crippen molar-refractivity contribution in [1.82, 2.24) is 9.21 Å². The smallest absolute Gasteiger partial charge is 0.228 e. The lowest BCUT2D eigenvalue weighted by atomic mass is 10.2. The van der Waals surface area contributed by atoms with Gasteiger partial charge in [-0.25, -0.2) is 12.7 Å². The summed E-state index contributed by atoms with van der Waals surface area (Å²) in [5.41, 5.74) is 2.13. The van der Waals surface area contributed by atoms with Crippen molar-refractivity contribution >= 4 is 21.6 Å². The highest BCUT2D eigenvalue weighted by Gasteiger charge is 2.26. The van der Waals surface area contributed by atoms with Crippen molar-refractivity contribution in [3.8, 4) is 0 Å². The van der Waals surface area contributed by atoms with Gasteiger partial charge in [0, 0.05) is 51.4 Å². The van der Waals surface area contributed by atoms with Gasteiger partial charge in [-0.2, -0.15) is 0 Å². The van der Waals surface area contributed by atoms with E-state index < -0.39 is 10.0 Å². The van der Waals surface area contributed by atoms with Gasteiger partial charge in [-0.15, -0.1) is 0 Å². The summed E-state index contributed by atoms with van der Waals surface area (Å²) in [6.07, 6.45) is 2.27. The van der Waals surface area contributed by atoms with Crippen molar-refractivity contribution < 1.29 is 17.9 Å². The quantitative estimate of drug-likeness (QED) is 0.690. The maximum atomic E-state index is 12.6. The van der Waals surface area contributed by atoms with Crippen molar-refractivity contribution in [1.29, 1.82) is 0 Å². The number of fused-ring (bicyclic) bond motifs is 1. The number of nitrogens with zero attached hydrogens (tertiary/aromatic N) is 3. The number of hydrogen-bond donors (Lipinski definition) is 0. The lowest BCUT2D eigenvalue weighted by molar-refractivity contribution is -0.118. The summed E-state index contributed by atoms with van der Waals surface area (Å²) >= 11 is 0. The van der Waals surface area contributed by atoms with E-state index in [1.54, 1.807) is 4.90 Å². The molecule has 3 rings (SSSR count).